The smallest absolute Gasteiger partial charge is 0.184 e. The Hall–Kier alpha value is -1.43. The maximum atomic E-state index is 6.08. The molecule has 3 heteroatoms. The van der Waals surface area contributed by atoms with Crippen molar-refractivity contribution in [3.8, 4) is 0 Å². The van der Waals surface area contributed by atoms with E-state index < -0.39 is 16.4 Å². The molecule has 2 rings (SSSR count). The lowest BCUT2D eigenvalue weighted by atomic mass is 10.2. The largest absolute Gasteiger partial charge is 0.414 e. The van der Waals surface area contributed by atoms with E-state index in [1.54, 1.807) is 0 Å². The van der Waals surface area contributed by atoms with Crippen molar-refractivity contribution in [1.82, 2.24) is 0 Å². The molecule has 0 bridgehead atoms. The number of hydrogen-bond acceptors (Lipinski definition) is 1. The summed E-state index contributed by atoms with van der Waals surface area (Å²) in [6.07, 6.45) is 2.27. The normalized spacial score (nSPS) is 13.4. The lowest BCUT2D eigenvalue weighted by molar-refractivity contribution is 0.357. The fourth-order valence-electron chi connectivity index (χ4n) is 3.40. The zero-order valence-corrected chi connectivity index (χ0v) is 18.5. The highest BCUT2D eigenvalue weighted by Gasteiger charge is 2.45. The van der Waals surface area contributed by atoms with Crippen molar-refractivity contribution in [2.24, 2.45) is 0 Å². The van der Waals surface area contributed by atoms with Gasteiger partial charge in [0.05, 0.1) is 6.61 Å². The molecule has 0 aromatic heterocycles. The molecule has 2 aromatic rings. The molecule has 0 fully saturated rings. The van der Waals surface area contributed by atoms with Crippen LogP contribution in [-0.4, -0.2) is 23.0 Å². The second-order valence-corrected chi connectivity index (χ2v) is 17.7. The summed E-state index contributed by atoms with van der Waals surface area (Å²) in [7, 11) is -3.58. The van der Waals surface area contributed by atoms with E-state index in [0.717, 1.165) is 0 Å². The summed E-state index contributed by atoms with van der Waals surface area (Å²) in [6, 6.07) is 22.1. The molecule has 0 aliphatic rings. The first kappa shape index (κ1) is 19.9. The van der Waals surface area contributed by atoms with Gasteiger partial charge >= 0.3 is 0 Å². The lowest BCUT2D eigenvalue weighted by Gasteiger charge is -2.42. The maximum absolute atomic E-state index is 6.08. The van der Waals surface area contributed by atoms with Crippen LogP contribution < -0.4 is 10.4 Å². The van der Waals surface area contributed by atoms with Crippen LogP contribution in [0.3, 0.4) is 0 Å². The summed E-state index contributed by atoms with van der Waals surface area (Å²) in [5, 5.41) is 3.07. The predicted molar refractivity (Wildman–Crippen MR) is 116 cm³/mol. The minimum Gasteiger partial charge on any atom is -0.414 e. The molecule has 25 heavy (non-hydrogen) atoms. The molecular weight excluding hydrogens is 336 g/mol. The SMILES string of the molecule is CC(C)(C)[Si](/C=C/CO[Si](C)(C)C)(c1ccccc1)c1ccccc1. The van der Waals surface area contributed by atoms with E-state index in [9.17, 15) is 0 Å². The van der Waals surface area contributed by atoms with Gasteiger partial charge in [0, 0.05) is 0 Å². The third kappa shape index (κ3) is 4.81. The van der Waals surface area contributed by atoms with Gasteiger partial charge in [0.25, 0.3) is 0 Å². The van der Waals surface area contributed by atoms with E-state index in [4.69, 9.17) is 4.43 Å². The molecule has 2 aromatic carbocycles. The minimum atomic E-state index is -2.09. The fourth-order valence-corrected chi connectivity index (χ4v) is 8.83. The van der Waals surface area contributed by atoms with Crippen LogP contribution in [-0.2, 0) is 4.43 Å². The van der Waals surface area contributed by atoms with E-state index in [-0.39, 0.29) is 5.04 Å². The van der Waals surface area contributed by atoms with Crippen molar-refractivity contribution in [1.29, 1.82) is 0 Å². The van der Waals surface area contributed by atoms with Gasteiger partial charge < -0.3 is 4.43 Å². The Morgan fingerprint density at radius 1 is 0.800 bits per heavy atom. The van der Waals surface area contributed by atoms with Gasteiger partial charge in [0.15, 0.2) is 8.32 Å². The van der Waals surface area contributed by atoms with E-state index in [2.05, 4.69) is 113 Å². The molecule has 0 radical (unpaired) electrons. The van der Waals surface area contributed by atoms with Crippen LogP contribution in [0.4, 0.5) is 0 Å². The Morgan fingerprint density at radius 2 is 1.24 bits per heavy atom. The standard InChI is InChI=1S/C22H32OSi2/c1-22(2,3)25(20-14-9-7-10-15-20,21-16-11-8-12-17-21)19-13-18-23-24(4,5)6/h7-17,19H,18H2,1-6H3/b19-13+. The van der Waals surface area contributed by atoms with E-state index in [0.29, 0.717) is 6.61 Å². The Balaban J connectivity index is 2.55. The van der Waals surface area contributed by atoms with Crippen LogP contribution in [0.5, 0.6) is 0 Å². The first-order valence-electron chi connectivity index (χ1n) is 9.09. The van der Waals surface area contributed by atoms with Gasteiger partial charge in [0.1, 0.15) is 8.07 Å². The van der Waals surface area contributed by atoms with Crippen molar-refractivity contribution in [3.05, 3.63) is 72.4 Å². The molecule has 0 unspecified atom stereocenters. The quantitative estimate of drug-likeness (QED) is 0.652. The second-order valence-electron chi connectivity index (χ2n) is 8.62. The summed E-state index contributed by atoms with van der Waals surface area (Å²) >= 11 is 0. The summed E-state index contributed by atoms with van der Waals surface area (Å²) < 4.78 is 6.08. The topological polar surface area (TPSA) is 9.23 Å². The molecule has 0 heterocycles. The van der Waals surface area contributed by atoms with Crippen molar-refractivity contribution >= 4 is 26.8 Å². The van der Waals surface area contributed by atoms with Crippen LogP contribution >= 0.6 is 0 Å². The van der Waals surface area contributed by atoms with Crippen molar-refractivity contribution in [2.45, 2.75) is 45.5 Å². The lowest BCUT2D eigenvalue weighted by Crippen LogP contribution is -2.63. The van der Waals surface area contributed by atoms with Crippen molar-refractivity contribution < 1.29 is 4.43 Å². The fraction of sp³-hybridized carbons (Fsp3) is 0.364. The first-order valence-corrected chi connectivity index (χ1v) is 14.6. The first-order chi connectivity index (χ1) is 11.7. The number of hydrogen-bond donors (Lipinski definition) is 0. The molecule has 0 aliphatic carbocycles. The molecule has 0 amide bonds. The molecule has 1 nitrogen and oxygen atoms in total. The predicted octanol–water partition coefficient (Wildman–Crippen LogP) is 5.00. The zero-order chi connectivity index (χ0) is 18.6. The van der Waals surface area contributed by atoms with E-state index >= 15 is 0 Å². The zero-order valence-electron chi connectivity index (χ0n) is 16.5. The third-order valence-electron chi connectivity index (χ3n) is 4.62. The Kier molecular flexibility index (Phi) is 6.25. The minimum absolute atomic E-state index is 0.158. The average molecular weight is 369 g/mol. The van der Waals surface area contributed by atoms with Gasteiger partial charge in [-0.2, -0.15) is 0 Å². The monoisotopic (exact) mass is 368 g/mol. The maximum Gasteiger partial charge on any atom is 0.184 e. The van der Waals surface area contributed by atoms with Gasteiger partial charge in [-0.05, 0) is 35.1 Å². The highest BCUT2D eigenvalue weighted by Crippen LogP contribution is 2.36. The molecule has 0 atom stereocenters. The van der Waals surface area contributed by atoms with Crippen LogP contribution in [0.15, 0.2) is 72.4 Å². The molecule has 0 saturated heterocycles. The molecule has 0 N–H and O–H groups in total. The number of rotatable bonds is 6. The van der Waals surface area contributed by atoms with Crippen LogP contribution in [0.1, 0.15) is 20.8 Å². The Bertz CT molecular complexity index is 640. The summed E-state index contributed by atoms with van der Waals surface area (Å²) in [4.78, 5) is 0. The average Bonchev–Trinajstić information content (AvgIpc) is 2.54. The van der Waals surface area contributed by atoms with Crippen LogP contribution in [0.2, 0.25) is 24.7 Å². The highest BCUT2D eigenvalue weighted by molar-refractivity contribution is 7.07. The summed E-state index contributed by atoms with van der Waals surface area (Å²) in [5.41, 5.74) is 2.50. The molecule has 134 valence electrons. The summed E-state index contributed by atoms with van der Waals surface area (Å²) in [5.74, 6) is 0. The molecule has 0 aliphatic heterocycles. The van der Waals surface area contributed by atoms with Gasteiger partial charge in [0.2, 0.25) is 0 Å². The highest BCUT2D eigenvalue weighted by atomic mass is 28.4. The number of benzene rings is 2. The van der Waals surface area contributed by atoms with Crippen molar-refractivity contribution in [2.75, 3.05) is 6.61 Å². The Labute approximate surface area is 155 Å². The second kappa shape index (κ2) is 7.85. The van der Waals surface area contributed by atoms with Gasteiger partial charge in [-0.25, -0.2) is 0 Å². The molecule has 0 saturated carbocycles. The molecule has 0 spiro atoms. The van der Waals surface area contributed by atoms with Crippen molar-refractivity contribution in [3.63, 3.8) is 0 Å². The van der Waals surface area contributed by atoms with Gasteiger partial charge in [-0.1, -0.05) is 93.2 Å². The Morgan fingerprint density at radius 3 is 1.60 bits per heavy atom. The van der Waals surface area contributed by atoms with Gasteiger partial charge in [-0.15, -0.1) is 0 Å². The van der Waals surface area contributed by atoms with E-state index in [1.807, 2.05) is 0 Å². The van der Waals surface area contributed by atoms with E-state index in [1.165, 1.54) is 10.4 Å². The van der Waals surface area contributed by atoms with Gasteiger partial charge in [-0.3, -0.25) is 0 Å². The summed E-state index contributed by atoms with van der Waals surface area (Å²) in [6.45, 7) is 14.6. The third-order valence-corrected chi connectivity index (χ3v) is 11.2. The van der Waals surface area contributed by atoms with Crippen LogP contribution in [0, 0.1) is 0 Å². The van der Waals surface area contributed by atoms with Crippen LogP contribution in [0.25, 0.3) is 0 Å². The molecular formula is C22H32OSi2.